The minimum absolute atomic E-state index is 0.0712. The van der Waals surface area contributed by atoms with Crippen molar-refractivity contribution in [2.45, 2.75) is 75.4 Å². The number of benzene rings is 2. The average molecular weight is 615 g/mol. The molecule has 4 unspecified atom stereocenters. The lowest BCUT2D eigenvalue weighted by Gasteiger charge is -2.43. The van der Waals surface area contributed by atoms with Gasteiger partial charge in [0.1, 0.15) is 35.6 Å². The van der Waals surface area contributed by atoms with Crippen LogP contribution in [0.3, 0.4) is 0 Å². The van der Waals surface area contributed by atoms with Gasteiger partial charge in [0.2, 0.25) is 11.7 Å². The number of phenols is 2. The van der Waals surface area contributed by atoms with Crippen molar-refractivity contribution >= 4 is 23.3 Å². The van der Waals surface area contributed by atoms with Crippen molar-refractivity contribution in [2.24, 2.45) is 5.73 Å². The summed E-state index contributed by atoms with van der Waals surface area (Å²) in [6.07, 6.45) is -5.94. The molecule has 2 aromatic carbocycles. The van der Waals surface area contributed by atoms with Gasteiger partial charge in [0.15, 0.2) is 17.9 Å². The van der Waals surface area contributed by atoms with Crippen LogP contribution in [0.15, 0.2) is 18.2 Å². The van der Waals surface area contributed by atoms with Crippen LogP contribution in [-0.4, -0.2) is 98.7 Å². The second-order valence-electron chi connectivity index (χ2n) is 11.4. The van der Waals surface area contributed by atoms with Gasteiger partial charge in [-0.1, -0.05) is 12.1 Å². The van der Waals surface area contributed by atoms with E-state index >= 15 is 0 Å². The van der Waals surface area contributed by atoms with Crippen molar-refractivity contribution in [3.63, 3.8) is 0 Å². The summed E-state index contributed by atoms with van der Waals surface area (Å²) in [6, 6.07) is 2.56. The lowest BCUT2D eigenvalue weighted by Crippen LogP contribution is -2.57. The molecule has 0 radical (unpaired) electrons. The third-order valence-electron chi connectivity index (χ3n) is 8.50. The first kappa shape index (κ1) is 31.5. The van der Waals surface area contributed by atoms with Gasteiger partial charge in [-0.15, -0.1) is 0 Å². The fraction of sp³-hybridized carbons (Fsp3) is 0.467. The minimum atomic E-state index is -2.31. The Hall–Kier alpha value is -3.92. The first-order valence-corrected chi connectivity index (χ1v) is 14.0. The van der Waals surface area contributed by atoms with Crippen LogP contribution < -0.4 is 15.8 Å². The van der Waals surface area contributed by atoms with E-state index in [1.54, 1.807) is 0 Å². The molecule has 14 heteroatoms. The van der Waals surface area contributed by atoms with Crippen molar-refractivity contribution in [1.82, 2.24) is 5.32 Å². The van der Waals surface area contributed by atoms with Crippen molar-refractivity contribution in [3.05, 3.63) is 51.6 Å². The molecule has 5 rings (SSSR count). The van der Waals surface area contributed by atoms with E-state index in [1.165, 1.54) is 39.2 Å². The maximum absolute atomic E-state index is 13.8. The van der Waals surface area contributed by atoms with E-state index in [0.717, 1.165) is 0 Å². The van der Waals surface area contributed by atoms with E-state index in [-0.39, 0.29) is 34.4 Å². The third-order valence-corrected chi connectivity index (χ3v) is 8.50. The molecule has 0 spiro atoms. The molecule has 7 atom stereocenters. The molecule has 8 N–H and O–H groups in total. The number of ketones is 3. The minimum Gasteiger partial charge on any atom is -0.507 e. The zero-order valence-corrected chi connectivity index (χ0v) is 24.2. The van der Waals surface area contributed by atoms with Crippen LogP contribution >= 0.6 is 0 Å². The van der Waals surface area contributed by atoms with Crippen LogP contribution in [0.1, 0.15) is 75.8 Å². The Bertz CT molecular complexity index is 1560. The van der Waals surface area contributed by atoms with Gasteiger partial charge >= 0.3 is 0 Å². The Balaban J connectivity index is 1.62. The lowest BCUT2D eigenvalue weighted by atomic mass is 9.72. The number of amides is 1. The molecule has 1 fully saturated rings. The molecule has 1 aliphatic heterocycles. The normalized spacial score (nSPS) is 28.4. The second-order valence-corrected chi connectivity index (χ2v) is 11.4. The van der Waals surface area contributed by atoms with Crippen molar-refractivity contribution in [1.29, 1.82) is 0 Å². The topological polar surface area (TPSA) is 235 Å². The quantitative estimate of drug-likeness (QED) is 0.167. The Morgan fingerprint density at radius 1 is 1.16 bits per heavy atom. The van der Waals surface area contributed by atoms with Crippen molar-refractivity contribution in [3.8, 4) is 17.2 Å². The number of aliphatic hydroxyl groups excluding tert-OH is 2. The Kier molecular flexibility index (Phi) is 8.26. The van der Waals surface area contributed by atoms with Crippen LogP contribution in [0, 0.1) is 0 Å². The van der Waals surface area contributed by atoms with E-state index in [1.807, 2.05) is 0 Å². The summed E-state index contributed by atoms with van der Waals surface area (Å²) in [5.74, 6) is -4.54. The molecular weight excluding hydrogens is 580 g/mol. The molecular formula is C30H34N2O12. The number of rotatable bonds is 7. The third kappa shape index (κ3) is 5.02. The molecule has 0 aromatic heterocycles. The first-order valence-electron chi connectivity index (χ1n) is 14.0. The zero-order valence-electron chi connectivity index (χ0n) is 24.2. The molecule has 236 valence electrons. The smallest absolute Gasteiger partial charge is 0.236 e. The van der Waals surface area contributed by atoms with Crippen molar-refractivity contribution in [2.75, 3.05) is 13.7 Å². The Labute approximate surface area is 251 Å². The highest BCUT2D eigenvalue weighted by Gasteiger charge is 2.50. The van der Waals surface area contributed by atoms with E-state index < -0.39 is 108 Å². The average Bonchev–Trinajstić information content (AvgIpc) is 2.98. The van der Waals surface area contributed by atoms with Gasteiger partial charge in [-0.3, -0.25) is 19.2 Å². The molecule has 0 saturated carbocycles. The van der Waals surface area contributed by atoms with Crippen LogP contribution in [0.25, 0.3) is 0 Å². The number of phenolic OH excluding ortho intramolecular Hbond substituents is 2. The van der Waals surface area contributed by atoms with Crippen molar-refractivity contribution < 1.29 is 58.9 Å². The number of aromatic hydroxyl groups is 2. The van der Waals surface area contributed by atoms with E-state index in [0.29, 0.717) is 0 Å². The van der Waals surface area contributed by atoms with E-state index in [4.69, 9.17) is 19.9 Å². The predicted octanol–water partition coefficient (Wildman–Crippen LogP) is -0.494. The second kappa shape index (κ2) is 11.5. The Morgan fingerprint density at radius 3 is 2.48 bits per heavy atom. The summed E-state index contributed by atoms with van der Waals surface area (Å²) in [4.78, 5) is 52.4. The number of hydrogen-bond acceptors (Lipinski definition) is 13. The summed E-state index contributed by atoms with van der Waals surface area (Å²) in [5.41, 5.74) is 1.71. The van der Waals surface area contributed by atoms with Gasteiger partial charge in [0.05, 0.1) is 48.1 Å². The Morgan fingerprint density at radius 2 is 1.84 bits per heavy atom. The molecule has 44 heavy (non-hydrogen) atoms. The number of nitrogens with one attached hydrogen (secondary N) is 1. The highest BCUT2D eigenvalue weighted by molar-refractivity contribution is 6.31. The van der Waals surface area contributed by atoms with Gasteiger partial charge < -0.3 is 50.8 Å². The summed E-state index contributed by atoms with van der Waals surface area (Å²) >= 11 is 0. The molecule has 0 bridgehead atoms. The number of carbonyl (C=O) groups excluding carboxylic acids is 4. The number of carbonyl (C=O) groups is 4. The summed E-state index contributed by atoms with van der Waals surface area (Å²) < 4.78 is 17.2. The maximum Gasteiger partial charge on any atom is 0.236 e. The van der Waals surface area contributed by atoms with Gasteiger partial charge in [0.25, 0.3) is 0 Å². The summed E-state index contributed by atoms with van der Waals surface area (Å²) in [6.45, 7) is 1.93. The fourth-order valence-electron chi connectivity index (χ4n) is 6.17. The van der Waals surface area contributed by atoms with Gasteiger partial charge in [-0.25, -0.2) is 0 Å². The maximum atomic E-state index is 13.8. The SMILES string of the molecule is COc1cccc2c1C(=O)c1c(O)c3c(c(O)c1C2=O)C[C@@](O)(C(=O)CO)C[C@@H]3OC1CC(NC(=O)[C@H](C)N)C(O)C(C)O1. The standard InChI is InChI=1S/C30H34N2O12/c1-11(31)29(40)32-15-7-19(43-12(2)24(15)35)44-17-9-30(41,18(34)10-33)8-14-21(17)28(39)23-22(26(14)37)25(36)13-5-4-6-16(42-3)20(13)27(23)38/h4-6,11-12,15,17,19,24,33,35,37,39,41H,7-10,31H2,1-3H3,(H,32,40)/t11-,12?,15?,17-,19?,24?,30-/m0/s1. The molecule has 1 amide bonds. The summed E-state index contributed by atoms with van der Waals surface area (Å²) in [7, 11) is 1.31. The summed E-state index contributed by atoms with van der Waals surface area (Å²) in [5, 5.41) is 57.3. The molecule has 1 heterocycles. The number of ether oxygens (including phenoxy) is 3. The highest BCUT2D eigenvalue weighted by atomic mass is 16.7. The van der Waals surface area contributed by atoms with Crippen LogP contribution in [0.2, 0.25) is 0 Å². The number of fused-ring (bicyclic) bond motifs is 3. The largest absolute Gasteiger partial charge is 0.507 e. The fourth-order valence-corrected chi connectivity index (χ4v) is 6.17. The molecule has 1 saturated heterocycles. The number of aliphatic hydroxyl groups is 3. The molecule has 2 aromatic rings. The molecule has 2 aliphatic carbocycles. The number of hydrogen-bond donors (Lipinski definition) is 7. The first-order chi connectivity index (χ1) is 20.7. The van der Waals surface area contributed by atoms with E-state index in [2.05, 4.69) is 5.32 Å². The lowest BCUT2D eigenvalue weighted by molar-refractivity contribution is -0.249. The number of methoxy groups -OCH3 is 1. The predicted molar refractivity (Wildman–Crippen MR) is 149 cm³/mol. The zero-order chi connectivity index (χ0) is 32.2. The van der Waals surface area contributed by atoms with Gasteiger partial charge in [-0.2, -0.15) is 0 Å². The van der Waals surface area contributed by atoms with Crippen LogP contribution in [-0.2, 0) is 25.5 Å². The number of nitrogens with two attached hydrogens (primary N) is 1. The monoisotopic (exact) mass is 614 g/mol. The molecule has 14 nitrogen and oxygen atoms in total. The molecule has 3 aliphatic rings. The van der Waals surface area contributed by atoms with Crippen LogP contribution in [0.4, 0.5) is 0 Å². The van der Waals surface area contributed by atoms with E-state index in [9.17, 15) is 44.7 Å². The number of Topliss-reactive ketones (excluding diaryl/α,β-unsaturated/α-hetero) is 1. The highest BCUT2D eigenvalue weighted by Crippen LogP contribution is 2.52. The van der Waals surface area contributed by atoms with Crippen LogP contribution in [0.5, 0.6) is 17.2 Å². The van der Waals surface area contributed by atoms with Gasteiger partial charge in [-0.05, 0) is 19.9 Å². The van der Waals surface area contributed by atoms with Gasteiger partial charge in [0, 0.05) is 36.0 Å².